The van der Waals surface area contributed by atoms with Crippen molar-refractivity contribution < 1.29 is 14.7 Å². The van der Waals surface area contributed by atoms with Gasteiger partial charge in [-0.05, 0) is 37.2 Å². The first-order valence-corrected chi connectivity index (χ1v) is 8.48. The van der Waals surface area contributed by atoms with Crippen LogP contribution in [0.3, 0.4) is 0 Å². The Morgan fingerprint density at radius 1 is 1.22 bits per heavy atom. The fraction of sp³-hybridized carbons (Fsp3) is 0.579. The highest BCUT2D eigenvalue weighted by molar-refractivity contribution is 5.84. The molecule has 1 aliphatic rings. The third kappa shape index (κ3) is 4.57. The molecule has 0 aliphatic heterocycles. The lowest BCUT2D eigenvalue weighted by Gasteiger charge is -2.41. The highest BCUT2D eigenvalue weighted by Crippen LogP contribution is 2.46. The molecule has 126 valence electrons. The Balaban J connectivity index is 1.93. The van der Waals surface area contributed by atoms with Crippen molar-refractivity contribution in [1.29, 1.82) is 0 Å². The van der Waals surface area contributed by atoms with Gasteiger partial charge in [-0.1, -0.05) is 50.6 Å². The lowest BCUT2D eigenvalue weighted by molar-refractivity contribution is -0.142. The molecule has 0 bridgehead atoms. The molecule has 2 rings (SSSR count). The molecule has 1 aromatic carbocycles. The van der Waals surface area contributed by atoms with E-state index in [4.69, 9.17) is 0 Å². The van der Waals surface area contributed by atoms with E-state index in [1.54, 1.807) is 0 Å². The summed E-state index contributed by atoms with van der Waals surface area (Å²) in [7, 11) is 0. The van der Waals surface area contributed by atoms with E-state index in [-0.39, 0.29) is 17.9 Å². The molecule has 1 saturated carbocycles. The van der Waals surface area contributed by atoms with Crippen LogP contribution in [0.1, 0.15) is 45.1 Å². The zero-order valence-electron chi connectivity index (χ0n) is 14.0. The van der Waals surface area contributed by atoms with Gasteiger partial charge >= 0.3 is 5.97 Å². The lowest BCUT2D eigenvalue weighted by Crippen LogP contribution is -2.48. The van der Waals surface area contributed by atoms with Crippen LogP contribution in [-0.4, -0.2) is 23.5 Å². The van der Waals surface area contributed by atoms with Crippen LogP contribution in [0.4, 0.5) is 0 Å². The second kappa shape index (κ2) is 7.62. The van der Waals surface area contributed by atoms with E-state index in [0.717, 1.165) is 31.2 Å². The van der Waals surface area contributed by atoms with Crippen LogP contribution in [0.2, 0.25) is 0 Å². The van der Waals surface area contributed by atoms with Gasteiger partial charge in [0.05, 0.1) is 5.92 Å². The minimum atomic E-state index is -0.860. The van der Waals surface area contributed by atoms with Crippen molar-refractivity contribution in [3.05, 3.63) is 35.9 Å². The number of carboxylic acids is 1. The Morgan fingerprint density at radius 2 is 1.87 bits per heavy atom. The van der Waals surface area contributed by atoms with Gasteiger partial charge < -0.3 is 10.4 Å². The molecular weight excluding hydrogens is 290 g/mol. The van der Waals surface area contributed by atoms with Crippen LogP contribution in [0.5, 0.6) is 0 Å². The number of hydrogen-bond donors (Lipinski definition) is 2. The summed E-state index contributed by atoms with van der Waals surface area (Å²) in [6.07, 6.45) is 4.26. The van der Waals surface area contributed by atoms with Crippen molar-refractivity contribution in [2.24, 2.45) is 17.3 Å². The first-order valence-electron chi connectivity index (χ1n) is 8.48. The molecule has 0 saturated heterocycles. The predicted octanol–water partition coefficient (Wildman–Crippen LogP) is 3.26. The van der Waals surface area contributed by atoms with E-state index >= 15 is 0 Å². The lowest BCUT2D eigenvalue weighted by atomic mass is 9.64. The normalized spacial score (nSPS) is 17.3. The molecule has 4 nitrogen and oxygen atoms in total. The average Bonchev–Trinajstić information content (AvgIpc) is 2.47. The van der Waals surface area contributed by atoms with Crippen LogP contribution in [0, 0.1) is 17.3 Å². The maximum Gasteiger partial charge on any atom is 0.308 e. The van der Waals surface area contributed by atoms with Gasteiger partial charge in [0, 0.05) is 12.0 Å². The fourth-order valence-electron chi connectivity index (χ4n) is 3.46. The molecule has 1 aliphatic carbocycles. The Kier molecular flexibility index (Phi) is 5.80. The number of rotatable bonds is 8. The molecule has 1 aromatic rings. The number of carboxylic acid groups (broad SMARTS) is 1. The molecule has 0 spiro atoms. The van der Waals surface area contributed by atoms with Crippen LogP contribution >= 0.6 is 0 Å². The summed E-state index contributed by atoms with van der Waals surface area (Å²) in [4.78, 5) is 24.0. The number of carbonyl (C=O) groups excluding carboxylic acids is 1. The van der Waals surface area contributed by atoms with Crippen molar-refractivity contribution in [1.82, 2.24) is 5.32 Å². The summed E-state index contributed by atoms with van der Waals surface area (Å²) < 4.78 is 0. The van der Waals surface area contributed by atoms with Gasteiger partial charge in [-0.3, -0.25) is 9.59 Å². The van der Waals surface area contributed by atoms with Crippen molar-refractivity contribution in [3.63, 3.8) is 0 Å². The van der Waals surface area contributed by atoms with E-state index in [2.05, 4.69) is 19.2 Å². The summed E-state index contributed by atoms with van der Waals surface area (Å²) in [5.74, 6) is -0.935. The van der Waals surface area contributed by atoms with Gasteiger partial charge in [-0.2, -0.15) is 0 Å². The number of aliphatic carboxylic acids is 1. The molecule has 2 N–H and O–H groups in total. The molecule has 1 amide bonds. The van der Waals surface area contributed by atoms with E-state index in [1.165, 1.54) is 0 Å². The zero-order valence-corrected chi connectivity index (χ0v) is 14.0. The summed E-state index contributed by atoms with van der Waals surface area (Å²) >= 11 is 0. The van der Waals surface area contributed by atoms with Crippen molar-refractivity contribution in [2.45, 2.75) is 46.0 Å². The monoisotopic (exact) mass is 317 g/mol. The number of nitrogens with one attached hydrogen (secondary N) is 1. The molecule has 23 heavy (non-hydrogen) atoms. The minimum Gasteiger partial charge on any atom is -0.481 e. The van der Waals surface area contributed by atoms with Gasteiger partial charge in [0.25, 0.3) is 0 Å². The van der Waals surface area contributed by atoms with Gasteiger partial charge in [-0.25, -0.2) is 0 Å². The number of hydrogen-bond acceptors (Lipinski definition) is 2. The van der Waals surface area contributed by atoms with Crippen LogP contribution in [0.15, 0.2) is 30.3 Å². The number of benzene rings is 1. The van der Waals surface area contributed by atoms with Crippen LogP contribution in [0.25, 0.3) is 0 Å². The molecule has 0 heterocycles. The molecule has 1 fully saturated rings. The first kappa shape index (κ1) is 17.5. The third-order valence-corrected chi connectivity index (χ3v) is 4.77. The fourth-order valence-corrected chi connectivity index (χ4v) is 3.46. The minimum absolute atomic E-state index is 0.0387. The molecule has 1 unspecified atom stereocenters. The molecule has 0 aromatic heterocycles. The Morgan fingerprint density at radius 3 is 2.35 bits per heavy atom. The smallest absolute Gasteiger partial charge is 0.308 e. The molecule has 1 atom stereocenters. The standard InChI is InChI=1S/C19H27NO3/c1-14(2)12-19(9-6-10-19)18(23)20-13-16(17(21)22)11-15-7-4-3-5-8-15/h3-5,7-8,14,16H,6,9-13H2,1-2H3,(H,20,23)(H,21,22). The van der Waals surface area contributed by atoms with Gasteiger partial charge in [0.2, 0.25) is 5.91 Å². The zero-order chi connectivity index (χ0) is 16.9. The van der Waals surface area contributed by atoms with Crippen molar-refractivity contribution >= 4 is 11.9 Å². The quantitative estimate of drug-likeness (QED) is 0.773. The van der Waals surface area contributed by atoms with Crippen molar-refractivity contribution in [2.75, 3.05) is 6.54 Å². The average molecular weight is 317 g/mol. The highest BCUT2D eigenvalue weighted by Gasteiger charge is 2.44. The van der Waals surface area contributed by atoms with E-state index in [1.807, 2.05) is 30.3 Å². The Hall–Kier alpha value is -1.84. The maximum atomic E-state index is 12.6. The largest absolute Gasteiger partial charge is 0.481 e. The van der Waals surface area contributed by atoms with Crippen LogP contribution < -0.4 is 5.32 Å². The molecule has 4 heteroatoms. The number of carbonyl (C=O) groups is 2. The summed E-state index contributed by atoms with van der Waals surface area (Å²) in [6, 6.07) is 9.55. The topological polar surface area (TPSA) is 66.4 Å². The number of amides is 1. The Bertz CT molecular complexity index is 535. The SMILES string of the molecule is CC(C)CC1(C(=O)NCC(Cc2ccccc2)C(=O)O)CCC1. The second-order valence-corrected chi connectivity index (χ2v) is 7.17. The van der Waals surface area contributed by atoms with Gasteiger partial charge in [0.1, 0.15) is 0 Å². The Labute approximate surface area is 138 Å². The van der Waals surface area contributed by atoms with E-state index in [9.17, 15) is 14.7 Å². The van der Waals surface area contributed by atoms with Gasteiger partial charge in [0.15, 0.2) is 0 Å². The summed E-state index contributed by atoms with van der Waals surface area (Å²) in [5.41, 5.74) is 0.721. The van der Waals surface area contributed by atoms with Crippen LogP contribution in [-0.2, 0) is 16.0 Å². The predicted molar refractivity (Wildman–Crippen MR) is 90.0 cm³/mol. The third-order valence-electron chi connectivity index (χ3n) is 4.77. The first-order chi connectivity index (χ1) is 10.9. The summed E-state index contributed by atoms with van der Waals surface area (Å²) in [5, 5.41) is 12.3. The summed E-state index contributed by atoms with van der Waals surface area (Å²) in [6.45, 7) is 4.45. The second-order valence-electron chi connectivity index (χ2n) is 7.17. The maximum absolute atomic E-state index is 12.6. The van der Waals surface area contributed by atoms with E-state index in [0.29, 0.717) is 12.3 Å². The van der Waals surface area contributed by atoms with Crippen molar-refractivity contribution in [3.8, 4) is 0 Å². The molecular formula is C19H27NO3. The molecule has 0 radical (unpaired) electrons. The van der Waals surface area contributed by atoms with E-state index < -0.39 is 11.9 Å². The highest BCUT2D eigenvalue weighted by atomic mass is 16.4. The van der Waals surface area contributed by atoms with Gasteiger partial charge in [-0.15, -0.1) is 0 Å².